The molecule has 0 aliphatic carbocycles. The van der Waals surface area contributed by atoms with Crippen molar-refractivity contribution in [3.8, 4) is 39.8 Å². The van der Waals surface area contributed by atoms with E-state index >= 15 is 0 Å². The van der Waals surface area contributed by atoms with Crippen LogP contribution in [0.2, 0.25) is 10.0 Å². The molecule has 0 radical (unpaired) electrons. The van der Waals surface area contributed by atoms with E-state index in [9.17, 15) is 5.26 Å². The minimum Gasteiger partial charge on any atom is -0.455 e. The van der Waals surface area contributed by atoms with Gasteiger partial charge in [0.2, 0.25) is 5.88 Å². The lowest BCUT2D eigenvalue weighted by Gasteiger charge is -2.03. The average Bonchev–Trinajstić information content (AvgIpc) is 3.50. The number of benzene rings is 3. The predicted molar refractivity (Wildman–Crippen MR) is 136 cm³/mol. The standard InChI is InChI=1S/C28H16Cl2N2O2/c29-23-13-11-20(15-24(23)30)25-14-12-21(33-25)17-32-28-22(16-31)26(18-7-3-1-4-8-18)27(34-28)19-9-5-2-6-10-19/h1-15,17H. The van der Waals surface area contributed by atoms with Crippen molar-refractivity contribution in [3.05, 3.63) is 112 Å². The second-order valence-corrected chi connectivity index (χ2v) is 8.23. The van der Waals surface area contributed by atoms with Gasteiger partial charge in [-0.05, 0) is 35.9 Å². The normalized spacial score (nSPS) is 11.1. The van der Waals surface area contributed by atoms with E-state index < -0.39 is 0 Å². The Morgan fingerprint density at radius 2 is 1.44 bits per heavy atom. The van der Waals surface area contributed by atoms with Crippen LogP contribution in [0.1, 0.15) is 11.3 Å². The SMILES string of the molecule is N#Cc1c(N=Cc2ccc(-c3ccc(Cl)c(Cl)c3)o2)oc(-c2ccccc2)c1-c1ccccc1. The molecule has 0 fully saturated rings. The van der Waals surface area contributed by atoms with Crippen LogP contribution in [-0.4, -0.2) is 6.21 Å². The molecular formula is C28H16Cl2N2O2. The quantitative estimate of drug-likeness (QED) is 0.235. The lowest BCUT2D eigenvalue weighted by Crippen LogP contribution is -1.83. The number of hydrogen-bond acceptors (Lipinski definition) is 4. The summed E-state index contributed by atoms with van der Waals surface area (Å²) in [5.41, 5.74) is 3.60. The number of rotatable bonds is 5. The first kappa shape index (κ1) is 21.8. The fraction of sp³-hybridized carbons (Fsp3) is 0. The first-order chi connectivity index (χ1) is 16.6. The lowest BCUT2D eigenvalue weighted by molar-refractivity contribution is 0.572. The molecule has 0 spiro atoms. The molecule has 0 saturated carbocycles. The predicted octanol–water partition coefficient (Wildman–Crippen LogP) is 8.80. The second kappa shape index (κ2) is 9.44. The van der Waals surface area contributed by atoms with Gasteiger partial charge in [-0.25, -0.2) is 4.99 Å². The zero-order valence-corrected chi connectivity index (χ0v) is 19.2. The summed E-state index contributed by atoms with van der Waals surface area (Å²) < 4.78 is 12.0. The third-order valence-corrected chi connectivity index (χ3v) is 5.98. The Morgan fingerprint density at radius 1 is 0.735 bits per heavy atom. The van der Waals surface area contributed by atoms with Gasteiger partial charge in [-0.1, -0.05) is 83.9 Å². The van der Waals surface area contributed by atoms with Crippen molar-refractivity contribution in [3.63, 3.8) is 0 Å². The molecule has 5 aromatic rings. The summed E-state index contributed by atoms with van der Waals surface area (Å²) in [7, 11) is 0. The Bertz CT molecular complexity index is 1530. The van der Waals surface area contributed by atoms with Crippen LogP contribution in [0.15, 0.2) is 105 Å². The van der Waals surface area contributed by atoms with Gasteiger partial charge in [0.05, 0.1) is 16.3 Å². The number of nitriles is 1. The molecule has 5 rings (SSSR count). The van der Waals surface area contributed by atoms with Crippen molar-refractivity contribution in [2.75, 3.05) is 0 Å². The van der Waals surface area contributed by atoms with Gasteiger partial charge in [0.1, 0.15) is 28.9 Å². The molecule has 2 heterocycles. The molecule has 2 aromatic heterocycles. The van der Waals surface area contributed by atoms with E-state index in [0.29, 0.717) is 38.5 Å². The van der Waals surface area contributed by atoms with Crippen LogP contribution in [-0.2, 0) is 0 Å². The van der Waals surface area contributed by atoms with Gasteiger partial charge in [0, 0.05) is 16.7 Å². The number of aliphatic imine (C=N–C) groups is 1. The molecule has 0 aliphatic heterocycles. The molecular weight excluding hydrogens is 467 g/mol. The lowest BCUT2D eigenvalue weighted by atomic mass is 9.98. The van der Waals surface area contributed by atoms with Crippen LogP contribution in [0, 0.1) is 11.3 Å². The fourth-order valence-electron chi connectivity index (χ4n) is 3.64. The molecule has 0 amide bonds. The maximum Gasteiger partial charge on any atom is 0.238 e. The number of furan rings is 2. The number of hydrogen-bond donors (Lipinski definition) is 0. The summed E-state index contributed by atoms with van der Waals surface area (Å²) in [6, 6.07) is 30.5. The summed E-state index contributed by atoms with van der Waals surface area (Å²) in [6.07, 6.45) is 1.53. The van der Waals surface area contributed by atoms with Crippen LogP contribution in [0.5, 0.6) is 0 Å². The van der Waals surface area contributed by atoms with Crippen molar-refractivity contribution in [2.24, 2.45) is 4.99 Å². The van der Waals surface area contributed by atoms with Gasteiger partial charge >= 0.3 is 0 Å². The Morgan fingerprint density at radius 3 is 2.12 bits per heavy atom. The van der Waals surface area contributed by atoms with Gasteiger partial charge in [-0.2, -0.15) is 5.26 Å². The maximum atomic E-state index is 9.99. The van der Waals surface area contributed by atoms with Gasteiger partial charge in [-0.15, -0.1) is 0 Å². The van der Waals surface area contributed by atoms with E-state index in [2.05, 4.69) is 11.1 Å². The molecule has 0 atom stereocenters. The highest BCUT2D eigenvalue weighted by atomic mass is 35.5. The van der Waals surface area contributed by atoms with Crippen LogP contribution in [0.25, 0.3) is 33.8 Å². The Kier molecular flexibility index (Phi) is 6.05. The zero-order valence-electron chi connectivity index (χ0n) is 17.7. The molecule has 0 unspecified atom stereocenters. The van der Waals surface area contributed by atoms with E-state index in [0.717, 1.165) is 16.7 Å². The van der Waals surface area contributed by atoms with Gasteiger partial charge < -0.3 is 8.83 Å². The van der Waals surface area contributed by atoms with Crippen LogP contribution in [0.3, 0.4) is 0 Å². The van der Waals surface area contributed by atoms with E-state index in [1.165, 1.54) is 6.21 Å². The molecule has 0 saturated heterocycles. The monoisotopic (exact) mass is 482 g/mol. The summed E-state index contributed by atoms with van der Waals surface area (Å²) in [6.45, 7) is 0. The van der Waals surface area contributed by atoms with E-state index in [1.54, 1.807) is 18.2 Å². The van der Waals surface area contributed by atoms with Crippen molar-refractivity contribution in [1.82, 2.24) is 0 Å². The second-order valence-electron chi connectivity index (χ2n) is 7.42. The zero-order chi connectivity index (χ0) is 23.5. The Labute approximate surface area is 206 Å². The van der Waals surface area contributed by atoms with Crippen molar-refractivity contribution < 1.29 is 8.83 Å². The van der Waals surface area contributed by atoms with E-state index in [-0.39, 0.29) is 5.88 Å². The van der Waals surface area contributed by atoms with Gasteiger partial charge in [0.15, 0.2) is 0 Å². The molecule has 4 nitrogen and oxygen atoms in total. The summed E-state index contributed by atoms with van der Waals surface area (Å²) in [4.78, 5) is 4.46. The van der Waals surface area contributed by atoms with E-state index in [4.69, 9.17) is 32.0 Å². The molecule has 0 N–H and O–H groups in total. The Balaban J connectivity index is 1.55. The van der Waals surface area contributed by atoms with Crippen molar-refractivity contribution in [2.45, 2.75) is 0 Å². The van der Waals surface area contributed by atoms with E-state index in [1.807, 2.05) is 72.8 Å². The molecule has 6 heteroatoms. The molecule has 0 bridgehead atoms. The first-order valence-electron chi connectivity index (χ1n) is 10.4. The highest BCUT2D eigenvalue weighted by Crippen LogP contribution is 2.42. The minimum absolute atomic E-state index is 0.215. The van der Waals surface area contributed by atoms with Gasteiger partial charge in [-0.3, -0.25) is 0 Å². The molecule has 0 aliphatic rings. The third-order valence-electron chi connectivity index (χ3n) is 5.24. The first-order valence-corrected chi connectivity index (χ1v) is 11.2. The average molecular weight is 483 g/mol. The summed E-state index contributed by atoms with van der Waals surface area (Å²) in [5.74, 6) is 1.93. The largest absolute Gasteiger partial charge is 0.455 e. The van der Waals surface area contributed by atoms with Crippen molar-refractivity contribution in [1.29, 1.82) is 5.26 Å². The van der Waals surface area contributed by atoms with Crippen molar-refractivity contribution >= 4 is 35.3 Å². The van der Waals surface area contributed by atoms with Crippen LogP contribution < -0.4 is 0 Å². The maximum absolute atomic E-state index is 9.99. The van der Waals surface area contributed by atoms with Crippen LogP contribution >= 0.6 is 23.2 Å². The highest BCUT2D eigenvalue weighted by Gasteiger charge is 2.22. The molecule has 164 valence electrons. The Hall–Kier alpha value is -4.04. The number of nitrogens with zero attached hydrogens (tertiary/aromatic N) is 2. The summed E-state index contributed by atoms with van der Waals surface area (Å²) in [5, 5.41) is 10.9. The minimum atomic E-state index is 0.215. The van der Waals surface area contributed by atoms with Gasteiger partial charge in [0.25, 0.3) is 0 Å². The highest BCUT2D eigenvalue weighted by molar-refractivity contribution is 6.42. The smallest absolute Gasteiger partial charge is 0.238 e. The fourth-order valence-corrected chi connectivity index (χ4v) is 3.93. The number of halogens is 2. The third kappa shape index (κ3) is 4.27. The molecule has 3 aromatic carbocycles. The molecule has 34 heavy (non-hydrogen) atoms. The summed E-state index contributed by atoms with van der Waals surface area (Å²) >= 11 is 12.1. The topological polar surface area (TPSA) is 62.4 Å². The van der Waals surface area contributed by atoms with Crippen LogP contribution in [0.4, 0.5) is 5.88 Å².